The lowest BCUT2D eigenvalue weighted by atomic mass is 9.69. The van der Waals surface area contributed by atoms with Crippen molar-refractivity contribution in [2.75, 3.05) is 13.6 Å². The molecule has 4 heteroatoms. The van der Waals surface area contributed by atoms with Gasteiger partial charge in [0.15, 0.2) is 0 Å². The van der Waals surface area contributed by atoms with E-state index in [1.807, 2.05) is 12.4 Å². The predicted molar refractivity (Wildman–Crippen MR) is 78.7 cm³/mol. The molecule has 1 heterocycles. The van der Waals surface area contributed by atoms with Gasteiger partial charge < -0.3 is 10.3 Å². The standard InChI is InChI=1S/C15H28N4/c1-14(2)5-7-15(12-16,8-6-14)19(4)11-13-17-9-10-18(13)3/h9-10H,5-8,11-12,16H2,1-4H3. The molecule has 0 aliphatic heterocycles. The van der Waals surface area contributed by atoms with Crippen molar-refractivity contribution >= 4 is 0 Å². The molecule has 4 nitrogen and oxygen atoms in total. The van der Waals surface area contributed by atoms with E-state index >= 15 is 0 Å². The fourth-order valence-electron chi connectivity index (χ4n) is 3.06. The molecule has 1 aliphatic rings. The van der Waals surface area contributed by atoms with E-state index in [2.05, 4.69) is 42.4 Å². The second-order valence-electron chi connectivity index (χ2n) is 6.90. The summed E-state index contributed by atoms with van der Waals surface area (Å²) < 4.78 is 2.09. The molecule has 0 spiro atoms. The van der Waals surface area contributed by atoms with Crippen molar-refractivity contribution in [3.63, 3.8) is 0 Å². The quantitative estimate of drug-likeness (QED) is 0.906. The predicted octanol–water partition coefficient (Wildman–Crippen LogP) is 2.15. The largest absolute Gasteiger partial charge is 0.337 e. The molecule has 0 radical (unpaired) electrons. The Morgan fingerprint density at radius 3 is 2.42 bits per heavy atom. The molecule has 108 valence electrons. The van der Waals surface area contributed by atoms with Crippen LogP contribution in [0.15, 0.2) is 12.4 Å². The molecule has 0 saturated heterocycles. The number of hydrogen-bond donors (Lipinski definition) is 1. The molecular formula is C15H28N4. The van der Waals surface area contributed by atoms with Gasteiger partial charge >= 0.3 is 0 Å². The first-order chi connectivity index (χ1) is 8.88. The minimum absolute atomic E-state index is 0.154. The summed E-state index contributed by atoms with van der Waals surface area (Å²) in [6.45, 7) is 6.35. The normalized spacial score (nSPS) is 21.8. The molecule has 0 unspecified atom stereocenters. The van der Waals surface area contributed by atoms with Crippen LogP contribution >= 0.6 is 0 Å². The van der Waals surface area contributed by atoms with Gasteiger partial charge in [0.2, 0.25) is 0 Å². The van der Waals surface area contributed by atoms with Crippen LogP contribution in [0.5, 0.6) is 0 Å². The summed E-state index contributed by atoms with van der Waals surface area (Å²) in [7, 11) is 4.25. The van der Waals surface area contributed by atoms with Crippen LogP contribution in [0.3, 0.4) is 0 Å². The number of likely N-dealkylation sites (N-methyl/N-ethyl adjacent to an activating group) is 1. The number of imidazole rings is 1. The number of hydrogen-bond acceptors (Lipinski definition) is 3. The van der Waals surface area contributed by atoms with Gasteiger partial charge in [0.1, 0.15) is 5.82 Å². The van der Waals surface area contributed by atoms with Crippen LogP contribution in [-0.4, -0.2) is 33.6 Å². The Hall–Kier alpha value is -0.870. The van der Waals surface area contributed by atoms with Gasteiger partial charge in [-0.25, -0.2) is 4.98 Å². The molecule has 1 fully saturated rings. The Morgan fingerprint density at radius 2 is 1.95 bits per heavy atom. The fraction of sp³-hybridized carbons (Fsp3) is 0.800. The fourth-order valence-corrected chi connectivity index (χ4v) is 3.06. The Labute approximate surface area is 117 Å². The summed E-state index contributed by atoms with van der Waals surface area (Å²) >= 11 is 0. The Kier molecular flexibility index (Phi) is 4.02. The molecule has 2 rings (SSSR count). The van der Waals surface area contributed by atoms with Crippen molar-refractivity contribution in [1.82, 2.24) is 14.5 Å². The SMILES string of the molecule is CN(Cc1nccn1C)C1(CN)CCC(C)(C)CC1. The molecule has 1 aromatic rings. The van der Waals surface area contributed by atoms with Crippen molar-refractivity contribution < 1.29 is 0 Å². The summed E-state index contributed by atoms with van der Waals surface area (Å²) in [6, 6.07) is 0. The molecule has 19 heavy (non-hydrogen) atoms. The molecule has 1 aliphatic carbocycles. The Morgan fingerprint density at radius 1 is 1.32 bits per heavy atom. The molecular weight excluding hydrogens is 236 g/mol. The lowest BCUT2D eigenvalue weighted by Crippen LogP contribution is -2.54. The van der Waals surface area contributed by atoms with Gasteiger partial charge in [-0.05, 0) is 38.1 Å². The van der Waals surface area contributed by atoms with Crippen LogP contribution in [0.25, 0.3) is 0 Å². The van der Waals surface area contributed by atoms with Gasteiger partial charge in [-0.15, -0.1) is 0 Å². The molecule has 0 aromatic carbocycles. The van der Waals surface area contributed by atoms with Crippen LogP contribution in [0.4, 0.5) is 0 Å². The van der Waals surface area contributed by atoms with E-state index in [9.17, 15) is 0 Å². The van der Waals surface area contributed by atoms with E-state index < -0.39 is 0 Å². The zero-order valence-corrected chi connectivity index (χ0v) is 12.8. The highest BCUT2D eigenvalue weighted by molar-refractivity contribution is 5.00. The molecule has 1 saturated carbocycles. The van der Waals surface area contributed by atoms with E-state index in [1.54, 1.807) is 0 Å². The highest BCUT2D eigenvalue weighted by Gasteiger charge is 2.40. The maximum Gasteiger partial charge on any atom is 0.122 e. The van der Waals surface area contributed by atoms with Gasteiger partial charge in [0, 0.05) is 31.5 Å². The number of nitrogens with two attached hydrogens (primary N) is 1. The monoisotopic (exact) mass is 264 g/mol. The van der Waals surface area contributed by atoms with Gasteiger partial charge in [-0.3, -0.25) is 4.90 Å². The third-order valence-corrected chi connectivity index (χ3v) is 5.02. The van der Waals surface area contributed by atoms with Crippen molar-refractivity contribution in [1.29, 1.82) is 0 Å². The molecule has 2 N–H and O–H groups in total. The van der Waals surface area contributed by atoms with Gasteiger partial charge in [0.05, 0.1) is 6.54 Å². The summed E-state index contributed by atoms with van der Waals surface area (Å²) in [5.74, 6) is 1.11. The lowest BCUT2D eigenvalue weighted by Gasteiger charge is -2.48. The average molecular weight is 264 g/mol. The van der Waals surface area contributed by atoms with Crippen LogP contribution in [0, 0.1) is 5.41 Å². The van der Waals surface area contributed by atoms with Crippen molar-refractivity contribution in [3.8, 4) is 0 Å². The van der Waals surface area contributed by atoms with Crippen molar-refractivity contribution in [3.05, 3.63) is 18.2 Å². The number of aryl methyl sites for hydroxylation is 1. The number of nitrogens with zero attached hydrogens (tertiary/aromatic N) is 3. The highest BCUT2D eigenvalue weighted by Crippen LogP contribution is 2.42. The Balaban J connectivity index is 2.07. The highest BCUT2D eigenvalue weighted by atomic mass is 15.2. The van der Waals surface area contributed by atoms with Crippen LogP contribution in [0.2, 0.25) is 0 Å². The second-order valence-corrected chi connectivity index (χ2v) is 6.90. The molecule has 0 amide bonds. The lowest BCUT2D eigenvalue weighted by molar-refractivity contribution is 0.0343. The Bertz CT molecular complexity index is 412. The first kappa shape index (κ1) is 14.5. The van der Waals surface area contributed by atoms with Crippen molar-refractivity contribution in [2.24, 2.45) is 18.2 Å². The number of rotatable bonds is 4. The maximum absolute atomic E-state index is 6.13. The van der Waals surface area contributed by atoms with E-state index in [4.69, 9.17) is 5.73 Å². The van der Waals surface area contributed by atoms with E-state index in [-0.39, 0.29) is 5.54 Å². The zero-order chi connectivity index (χ0) is 14.1. The van der Waals surface area contributed by atoms with Gasteiger partial charge in [-0.2, -0.15) is 0 Å². The molecule has 1 aromatic heterocycles. The smallest absolute Gasteiger partial charge is 0.122 e. The van der Waals surface area contributed by atoms with E-state index in [0.717, 1.165) is 18.9 Å². The first-order valence-electron chi connectivity index (χ1n) is 7.26. The zero-order valence-electron chi connectivity index (χ0n) is 12.8. The van der Waals surface area contributed by atoms with Gasteiger partial charge in [-0.1, -0.05) is 13.8 Å². The van der Waals surface area contributed by atoms with E-state index in [1.165, 1.54) is 25.7 Å². The average Bonchev–Trinajstić information content (AvgIpc) is 2.76. The third-order valence-electron chi connectivity index (χ3n) is 5.02. The maximum atomic E-state index is 6.13. The number of aromatic nitrogens is 2. The topological polar surface area (TPSA) is 47.1 Å². The summed E-state index contributed by atoms with van der Waals surface area (Å²) in [5.41, 5.74) is 6.76. The second kappa shape index (κ2) is 5.25. The molecule has 0 bridgehead atoms. The molecule has 0 atom stereocenters. The third kappa shape index (κ3) is 3.00. The summed E-state index contributed by atoms with van der Waals surface area (Å²) in [5, 5.41) is 0. The minimum atomic E-state index is 0.154. The summed E-state index contributed by atoms with van der Waals surface area (Å²) in [4.78, 5) is 6.85. The van der Waals surface area contributed by atoms with Crippen molar-refractivity contribution in [2.45, 2.75) is 51.6 Å². The minimum Gasteiger partial charge on any atom is -0.337 e. The van der Waals surface area contributed by atoms with E-state index in [0.29, 0.717) is 5.41 Å². The van der Waals surface area contributed by atoms with Gasteiger partial charge in [0.25, 0.3) is 0 Å². The van der Waals surface area contributed by atoms with Crippen LogP contribution < -0.4 is 5.73 Å². The van der Waals surface area contributed by atoms with Crippen LogP contribution in [-0.2, 0) is 13.6 Å². The summed E-state index contributed by atoms with van der Waals surface area (Å²) in [6.07, 6.45) is 8.77. The first-order valence-corrected chi connectivity index (χ1v) is 7.26. The van der Waals surface area contributed by atoms with Crippen LogP contribution in [0.1, 0.15) is 45.4 Å².